The highest BCUT2D eigenvalue weighted by molar-refractivity contribution is 7.94. The summed E-state index contributed by atoms with van der Waals surface area (Å²) in [5, 5.41) is 9.91. The Labute approximate surface area is 155 Å². The van der Waals surface area contributed by atoms with Gasteiger partial charge in [-0.3, -0.25) is 4.72 Å². The van der Waals surface area contributed by atoms with Crippen molar-refractivity contribution in [1.29, 1.82) is 0 Å². The van der Waals surface area contributed by atoms with Gasteiger partial charge < -0.3 is 5.11 Å². The van der Waals surface area contributed by atoms with Gasteiger partial charge in [0.1, 0.15) is 10.0 Å². The maximum absolute atomic E-state index is 12.8. The fourth-order valence-electron chi connectivity index (χ4n) is 2.63. The Morgan fingerprint density at radius 1 is 1.23 bits per heavy atom. The van der Waals surface area contributed by atoms with Gasteiger partial charge >= 0.3 is 5.97 Å². The van der Waals surface area contributed by atoms with E-state index in [0.29, 0.717) is 11.5 Å². The topological polar surface area (TPSA) is 96.4 Å². The zero-order valence-corrected chi connectivity index (χ0v) is 16.1. The molecule has 6 nitrogen and oxygen atoms in total. The predicted octanol–water partition coefficient (Wildman–Crippen LogP) is 4.23. The molecule has 3 aromatic rings. The molecule has 2 heterocycles. The fraction of sp³-hybridized carbons (Fsp3) is 0.222. The number of hydrogen-bond acceptors (Lipinski definition) is 5. The number of sulfonamides is 1. The second kappa shape index (κ2) is 6.69. The number of benzene rings is 1. The van der Waals surface area contributed by atoms with Crippen molar-refractivity contribution in [3.63, 3.8) is 0 Å². The van der Waals surface area contributed by atoms with Crippen molar-refractivity contribution < 1.29 is 18.3 Å². The van der Waals surface area contributed by atoms with Crippen LogP contribution in [-0.2, 0) is 10.0 Å². The van der Waals surface area contributed by atoms with E-state index in [4.69, 9.17) is 5.11 Å². The lowest BCUT2D eigenvalue weighted by molar-refractivity contribution is 0.0690. The van der Waals surface area contributed by atoms with E-state index in [0.717, 1.165) is 15.6 Å². The first kappa shape index (κ1) is 18.3. The molecule has 0 spiro atoms. The Bertz CT molecular complexity index is 1100. The molecule has 0 radical (unpaired) electrons. The maximum Gasteiger partial charge on any atom is 0.354 e. The van der Waals surface area contributed by atoms with Gasteiger partial charge in [0.15, 0.2) is 5.69 Å². The summed E-state index contributed by atoms with van der Waals surface area (Å²) in [5.41, 5.74) is 1.60. The third kappa shape index (κ3) is 3.42. The van der Waals surface area contributed by atoms with Gasteiger partial charge in [0.25, 0.3) is 10.0 Å². The Hall–Kier alpha value is -2.45. The van der Waals surface area contributed by atoms with Gasteiger partial charge in [0, 0.05) is 4.70 Å². The van der Waals surface area contributed by atoms with Crippen molar-refractivity contribution in [2.24, 2.45) is 0 Å². The molecule has 0 saturated heterocycles. The lowest BCUT2D eigenvalue weighted by atomic mass is 10.0. The molecular weight excluding hydrogens is 372 g/mol. The van der Waals surface area contributed by atoms with Crippen LogP contribution in [0.5, 0.6) is 0 Å². The van der Waals surface area contributed by atoms with Crippen molar-refractivity contribution >= 4 is 43.2 Å². The molecule has 1 aromatic carbocycles. The molecule has 0 unspecified atom stereocenters. The van der Waals surface area contributed by atoms with Crippen molar-refractivity contribution in [2.75, 3.05) is 4.72 Å². The maximum atomic E-state index is 12.8. The minimum absolute atomic E-state index is 0.0235. The van der Waals surface area contributed by atoms with E-state index in [-0.39, 0.29) is 15.7 Å². The van der Waals surface area contributed by atoms with Crippen LogP contribution in [0.2, 0.25) is 0 Å². The first-order valence-corrected chi connectivity index (χ1v) is 10.2. The van der Waals surface area contributed by atoms with Crippen LogP contribution in [0, 0.1) is 6.92 Å². The second-order valence-corrected chi connectivity index (χ2v) is 9.17. The smallest absolute Gasteiger partial charge is 0.354 e. The van der Waals surface area contributed by atoms with Crippen molar-refractivity contribution in [2.45, 2.75) is 30.9 Å². The van der Waals surface area contributed by atoms with Gasteiger partial charge in [0.2, 0.25) is 0 Å². The molecule has 8 heteroatoms. The van der Waals surface area contributed by atoms with Crippen molar-refractivity contribution in [1.82, 2.24) is 4.98 Å². The zero-order valence-electron chi connectivity index (χ0n) is 14.5. The molecule has 0 aliphatic carbocycles. The fourth-order valence-corrected chi connectivity index (χ4v) is 5.37. The van der Waals surface area contributed by atoms with Crippen LogP contribution < -0.4 is 4.72 Å². The largest absolute Gasteiger partial charge is 0.477 e. The Morgan fingerprint density at radius 3 is 2.62 bits per heavy atom. The molecule has 26 heavy (non-hydrogen) atoms. The SMILES string of the molecule is Cc1c(S(=O)(=O)Nc2cccc(C(=O)O)n2)sc2ccc(C(C)C)cc12. The molecule has 3 rings (SSSR count). The van der Waals surface area contributed by atoms with E-state index in [1.165, 1.54) is 29.5 Å². The van der Waals surface area contributed by atoms with Crippen LogP contribution in [0.3, 0.4) is 0 Å². The van der Waals surface area contributed by atoms with E-state index in [2.05, 4.69) is 23.6 Å². The summed E-state index contributed by atoms with van der Waals surface area (Å²) in [6.07, 6.45) is 0. The number of carboxylic acid groups (broad SMARTS) is 1. The quantitative estimate of drug-likeness (QED) is 0.680. The van der Waals surface area contributed by atoms with Crippen LogP contribution in [0.25, 0.3) is 10.1 Å². The van der Waals surface area contributed by atoms with E-state index in [9.17, 15) is 13.2 Å². The van der Waals surface area contributed by atoms with Gasteiger partial charge in [-0.2, -0.15) is 0 Å². The summed E-state index contributed by atoms with van der Waals surface area (Å²) in [6.45, 7) is 5.95. The zero-order chi connectivity index (χ0) is 19.1. The number of carboxylic acids is 1. The summed E-state index contributed by atoms with van der Waals surface area (Å²) in [7, 11) is -3.87. The first-order chi connectivity index (χ1) is 12.2. The molecule has 0 atom stereocenters. The van der Waals surface area contributed by atoms with Crippen LogP contribution in [-0.4, -0.2) is 24.5 Å². The third-order valence-corrected chi connectivity index (χ3v) is 7.28. The standard InChI is InChI=1S/C18H18N2O4S2/c1-10(2)12-7-8-15-13(9-12)11(3)18(25-15)26(23,24)20-16-6-4-5-14(19-16)17(21)22/h4-10H,1-3H3,(H,19,20)(H,21,22). The number of hydrogen-bond donors (Lipinski definition) is 2. The molecule has 0 amide bonds. The summed E-state index contributed by atoms with van der Waals surface area (Å²) < 4.78 is 29.1. The third-order valence-electron chi connectivity index (χ3n) is 4.03. The number of aromatic carboxylic acids is 1. The molecule has 0 aliphatic heterocycles. The summed E-state index contributed by atoms with van der Waals surface area (Å²) in [5.74, 6) is -0.894. The lowest BCUT2D eigenvalue weighted by Crippen LogP contribution is -2.14. The Kier molecular flexibility index (Phi) is 4.72. The number of aromatic nitrogens is 1. The summed E-state index contributed by atoms with van der Waals surface area (Å²) >= 11 is 1.19. The Balaban J connectivity index is 2.03. The van der Waals surface area contributed by atoms with Crippen molar-refractivity contribution in [3.8, 4) is 0 Å². The number of thiophene rings is 1. The highest BCUT2D eigenvalue weighted by Gasteiger charge is 2.23. The van der Waals surface area contributed by atoms with Crippen LogP contribution >= 0.6 is 11.3 Å². The molecule has 0 fully saturated rings. The minimum atomic E-state index is -3.87. The summed E-state index contributed by atoms with van der Waals surface area (Å²) in [6, 6.07) is 10.1. The average Bonchev–Trinajstić information content (AvgIpc) is 2.92. The van der Waals surface area contributed by atoms with Crippen LogP contribution in [0.4, 0.5) is 5.82 Å². The lowest BCUT2D eigenvalue weighted by Gasteiger charge is -2.07. The van der Waals surface area contributed by atoms with Gasteiger partial charge in [-0.15, -0.1) is 11.3 Å². The van der Waals surface area contributed by atoms with Gasteiger partial charge in [-0.25, -0.2) is 18.2 Å². The van der Waals surface area contributed by atoms with E-state index < -0.39 is 16.0 Å². The number of carbonyl (C=O) groups is 1. The average molecular weight is 390 g/mol. The van der Waals surface area contributed by atoms with Gasteiger partial charge in [0.05, 0.1) is 0 Å². The summed E-state index contributed by atoms with van der Waals surface area (Å²) in [4.78, 5) is 14.8. The number of pyridine rings is 1. The van der Waals surface area contributed by atoms with Gasteiger partial charge in [-0.1, -0.05) is 26.0 Å². The number of anilines is 1. The van der Waals surface area contributed by atoms with Crippen LogP contribution in [0.15, 0.2) is 40.6 Å². The molecule has 2 N–H and O–H groups in total. The Morgan fingerprint density at radius 2 is 1.96 bits per heavy atom. The van der Waals surface area contributed by atoms with Crippen LogP contribution in [0.1, 0.15) is 41.4 Å². The minimum Gasteiger partial charge on any atom is -0.477 e. The highest BCUT2D eigenvalue weighted by atomic mass is 32.2. The molecule has 0 saturated carbocycles. The predicted molar refractivity (Wildman–Crippen MR) is 103 cm³/mol. The molecule has 0 aliphatic rings. The first-order valence-electron chi connectivity index (χ1n) is 7.95. The number of fused-ring (bicyclic) bond motifs is 1. The number of nitrogens with one attached hydrogen (secondary N) is 1. The van der Waals surface area contributed by atoms with E-state index >= 15 is 0 Å². The molecular formula is C18H18N2O4S2. The normalized spacial score (nSPS) is 11.8. The number of nitrogens with zero attached hydrogens (tertiary/aromatic N) is 1. The molecule has 136 valence electrons. The molecule has 0 bridgehead atoms. The monoisotopic (exact) mass is 390 g/mol. The van der Waals surface area contributed by atoms with Gasteiger partial charge in [-0.05, 0) is 53.6 Å². The number of rotatable bonds is 5. The van der Waals surface area contributed by atoms with Crippen molar-refractivity contribution in [3.05, 3.63) is 53.2 Å². The number of aryl methyl sites for hydroxylation is 1. The highest BCUT2D eigenvalue weighted by Crippen LogP contribution is 2.36. The second-order valence-electron chi connectivity index (χ2n) is 6.24. The van der Waals surface area contributed by atoms with E-state index in [1.54, 1.807) is 6.92 Å². The van der Waals surface area contributed by atoms with E-state index in [1.807, 2.05) is 18.2 Å². The molecule has 2 aromatic heterocycles.